The van der Waals surface area contributed by atoms with Gasteiger partial charge in [-0.3, -0.25) is 4.68 Å². The van der Waals surface area contributed by atoms with Crippen molar-refractivity contribution in [2.24, 2.45) is 7.05 Å². The van der Waals surface area contributed by atoms with E-state index in [2.05, 4.69) is 48.7 Å². The summed E-state index contributed by atoms with van der Waals surface area (Å²) in [6.07, 6.45) is 4.07. The van der Waals surface area contributed by atoms with Crippen LogP contribution in [-0.4, -0.2) is 22.9 Å². The summed E-state index contributed by atoms with van der Waals surface area (Å²) in [6, 6.07) is 6.62. The Labute approximate surface area is 126 Å². The van der Waals surface area contributed by atoms with Gasteiger partial charge in [-0.25, -0.2) is 0 Å². The molecule has 0 fully saturated rings. The number of rotatable bonds is 5. The maximum absolute atomic E-state index is 5.89. The molecule has 1 unspecified atom stereocenters. The van der Waals surface area contributed by atoms with Crippen LogP contribution < -0.4 is 10.1 Å². The Hall–Kier alpha value is -1.81. The topological polar surface area (TPSA) is 39.1 Å². The van der Waals surface area contributed by atoms with Gasteiger partial charge in [0.05, 0.1) is 18.3 Å². The molecule has 1 N–H and O–H groups in total. The third-order valence-corrected chi connectivity index (χ3v) is 4.05. The van der Waals surface area contributed by atoms with Crippen LogP contribution in [0.3, 0.4) is 0 Å². The van der Waals surface area contributed by atoms with Gasteiger partial charge in [-0.05, 0) is 18.5 Å². The molecule has 112 valence electrons. The van der Waals surface area contributed by atoms with Crippen LogP contribution in [0, 0.1) is 0 Å². The monoisotopic (exact) mass is 285 g/mol. The third kappa shape index (κ3) is 2.56. The smallest absolute Gasteiger partial charge is 0.127 e. The van der Waals surface area contributed by atoms with Crippen LogP contribution in [0.25, 0.3) is 0 Å². The summed E-state index contributed by atoms with van der Waals surface area (Å²) in [7, 11) is 1.98. The standard InChI is InChI=1S/C17H23N3O/c1-4-15-14(11-20(3)19-15)16(18-5-2)13-8-6-7-12-9-10-21-17(12)13/h6-8,11,16,18H,4-5,9-10H2,1-3H3. The van der Waals surface area contributed by atoms with Gasteiger partial charge in [0.1, 0.15) is 5.75 Å². The molecule has 1 aliphatic rings. The molecule has 0 radical (unpaired) electrons. The molecule has 1 atom stereocenters. The Morgan fingerprint density at radius 3 is 2.95 bits per heavy atom. The van der Waals surface area contributed by atoms with E-state index < -0.39 is 0 Å². The van der Waals surface area contributed by atoms with Crippen molar-refractivity contribution in [1.82, 2.24) is 15.1 Å². The van der Waals surface area contributed by atoms with Gasteiger partial charge in [0, 0.05) is 30.8 Å². The first-order chi connectivity index (χ1) is 10.2. The highest BCUT2D eigenvalue weighted by molar-refractivity contribution is 5.49. The summed E-state index contributed by atoms with van der Waals surface area (Å²) >= 11 is 0. The van der Waals surface area contributed by atoms with Crippen LogP contribution >= 0.6 is 0 Å². The molecule has 2 heterocycles. The number of nitrogens with one attached hydrogen (secondary N) is 1. The molecule has 0 saturated heterocycles. The lowest BCUT2D eigenvalue weighted by atomic mass is 9.95. The molecule has 21 heavy (non-hydrogen) atoms. The maximum Gasteiger partial charge on any atom is 0.127 e. The number of aromatic nitrogens is 2. The highest BCUT2D eigenvalue weighted by Crippen LogP contribution is 2.37. The SMILES string of the molecule is CCNC(c1cn(C)nc1CC)c1cccc2c1OCC2. The zero-order valence-corrected chi connectivity index (χ0v) is 13.0. The van der Waals surface area contributed by atoms with Crippen LogP contribution in [0.1, 0.15) is 42.3 Å². The van der Waals surface area contributed by atoms with E-state index in [-0.39, 0.29) is 6.04 Å². The lowest BCUT2D eigenvalue weighted by molar-refractivity contribution is 0.350. The molecule has 1 aromatic carbocycles. The molecule has 4 heteroatoms. The van der Waals surface area contributed by atoms with Gasteiger partial charge in [0.15, 0.2) is 0 Å². The van der Waals surface area contributed by atoms with E-state index in [4.69, 9.17) is 4.74 Å². The van der Waals surface area contributed by atoms with Gasteiger partial charge in [-0.15, -0.1) is 0 Å². The number of fused-ring (bicyclic) bond motifs is 1. The van der Waals surface area contributed by atoms with Gasteiger partial charge in [-0.2, -0.15) is 5.10 Å². The molecule has 1 aromatic heterocycles. The zero-order chi connectivity index (χ0) is 14.8. The minimum atomic E-state index is 0.145. The Kier molecular flexibility index (Phi) is 3.97. The molecule has 0 spiro atoms. The first-order valence-electron chi connectivity index (χ1n) is 7.75. The molecule has 0 amide bonds. The quantitative estimate of drug-likeness (QED) is 0.918. The van der Waals surface area contributed by atoms with Crippen LogP contribution in [-0.2, 0) is 19.9 Å². The lowest BCUT2D eigenvalue weighted by Gasteiger charge is -2.20. The second-order valence-corrected chi connectivity index (χ2v) is 5.48. The van der Waals surface area contributed by atoms with Crippen molar-refractivity contribution in [3.8, 4) is 5.75 Å². The molecule has 1 aliphatic heterocycles. The fraction of sp³-hybridized carbons (Fsp3) is 0.471. The van der Waals surface area contributed by atoms with E-state index >= 15 is 0 Å². The van der Waals surface area contributed by atoms with Crippen molar-refractivity contribution in [3.63, 3.8) is 0 Å². The summed E-state index contributed by atoms with van der Waals surface area (Å²) in [6.45, 7) is 5.99. The van der Waals surface area contributed by atoms with E-state index in [9.17, 15) is 0 Å². The second kappa shape index (κ2) is 5.90. The van der Waals surface area contributed by atoms with Crippen LogP contribution in [0.2, 0.25) is 0 Å². The third-order valence-electron chi connectivity index (χ3n) is 4.05. The van der Waals surface area contributed by atoms with Crippen molar-refractivity contribution in [2.75, 3.05) is 13.2 Å². The van der Waals surface area contributed by atoms with Crippen molar-refractivity contribution in [3.05, 3.63) is 46.8 Å². The van der Waals surface area contributed by atoms with Gasteiger partial charge < -0.3 is 10.1 Å². The van der Waals surface area contributed by atoms with E-state index in [1.807, 2.05) is 11.7 Å². The normalized spacial score (nSPS) is 14.8. The zero-order valence-electron chi connectivity index (χ0n) is 13.0. The van der Waals surface area contributed by atoms with Crippen LogP contribution in [0.4, 0.5) is 0 Å². The van der Waals surface area contributed by atoms with Crippen molar-refractivity contribution < 1.29 is 4.74 Å². The largest absolute Gasteiger partial charge is 0.493 e. The average Bonchev–Trinajstić information content (AvgIpc) is 3.10. The summed E-state index contributed by atoms with van der Waals surface area (Å²) in [5, 5.41) is 8.19. The number of benzene rings is 1. The Balaban J connectivity index is 2.08. The summed E-state index contributed by atoms with van der Waals surface area (Å²) in [4.78, 5) is 0. The number of hydrogen-bond acceptors (Lipinski definition) is 3. The fourth-order valence-electron chi connectivity index (χ4n) is 3.13. The second-order valence-electron chi connectivity index (χ2n) is 5.48. The van der Waals surface area contributed by atoms with E-state index in [0.29, 0.717) is 0 Å². The lowest BCUT2D eigenvalue weighted by Crippen LogP contribution is -2.23. The van der Waals surface area contributed by atoms with Crippen molar-refractivity contribution in [2.45, 2.75) is 32.7 Å². The molecular formula is C17H23N3O. The number of nitrogens with zero attached hydrogens (tertiary/aromatic N) is 2. The fourth-order valence-corrected chi connectivity index (χ4v) is 3.13. The van der Waals surface area contributed by atoms with E-state index in [0.717, 1.165) is 37.4 Å². The number of para-hydroxylation sites is 1. The Morgan fingerprint density at radius 1 is 1.33 bits per heavy atom. The molecule has 0 bridgehead atoms. The Bertz CT molecular complexity index is 633. The molecule has 0 aliphatic carbocycles. The van der Waals surface area contributed by atoms with Gasteiger partial charge in [0.2, 0.25) is 0 Å². The molecule has 0 saturated carbocycles. The highest BCUT2D eigenvalue weighted by Gasteiger charge is 2.25. The summed E-state index contributed by atoms with van der Waals surface area (Å²) in [5.74, 6) is 1.06. The summed E-state index contributed by atoms with van der Waals surface area (Å²) < 4.78 is 7.80. The number of aryl methyl sites for hydroxylation is 2. The average molecular weight is 285 g/mol. The molecule has 3 rings (SSSR count). The Morgan fingerprint density at radius 2 is 2.19 bits per heavy atom. The predicted molar refractivity (Wildman–Crippen MR) is 83.7 cm³/mol. The van der Waals surface area contributed by atoms with Crippen LogP contribution in [0.5, 0.6) is 5.75 Å². The minimum Gasteiger partial charge on any atom is -0.493 e. The maximum atomic E-state index is 5.89. The van der Waals surface area contributed by atoms with Crippen molar-refractivity contribution >= 4 is 0 Å². The van der Waals surface area contributed by atoms with Gasteiger partial charge >= 0.3 is 0 Å². The first kappa shape index (κ1) is 14.1. The van der Waals surface area contributed by atoms with Crippen molar-refractivity contribution in [1.29, 1.82) is 0 Å². The minimum absolute atomic E-state index is 0.145. The number of hydrogen-bond donors (Lipinski definition) is 1. The number of ether oxygens (including phenoxy) is 1. The van der Waals surface area contributed by atoms with Crippen LogP contribution in [0.15, 0.2) is 24.4 Å². The molecular weight excluding hydrogens is 262 g/mol. The summed E-state index contributed by atoms with van der Waals surface area (Å²) in [5.41, 5.74) is 4.96. The predicted octanol–water partition coefficient (Wildman–Crippen LogP) is 2.62. The molecule has 2 aromatic rings. The van der Waals surface area contributed by atoms with Gasteiger partial charge in [-0.1, -0.05) is 32.0 Å². The van der Waals surface area contributed by atoms with E-state index in [1.54, 1.807) is 0 Å². The highest BCUT2D eigenvalue weighted by atomic mass is 16.5. The first-order valence-corrected chi connectivity index (χ1v) is 7.75. The van der Waals surface area contributed by atoms with Gasteiger partial charge in [0.25, 0.3) is 0 Å². The molecule has 4 nitrogen and oxygen atoms in total. The van der Waals surface area contributed by atoms with E-state index in [1.165, 1.54) is 16.7 Å².